The van der Waals surface area contributed by atoms with Gasteiger partial charge in [0.15, 0.2) is 0 Å². The van der Waals surface area contributed by atoms with Gasteiger partial charge in [-0.3, -0.25) is 0 Å². The van der Waals surface area contributed by atoms with Gasteiger partial charge in [-0.25, -0.2) is 0 Å². The molecule has 1 N–H and O–H groups in total. The number of likely N-dealkylation sites (N-methyl/N-ethyl adjacent to an activating group) is 1. The fourth-order valence-corrected chi connectivity index (χ4v) is 1.30. The molecule has 11 heavy (non-hydrogen) atoms. The number of ether oxygens (including phenoxy) is 2. The van der Waals surface area contributed by atoms with Crippen LogP contribution < -0.4 is 5.32 Å². The van der Waals surface area contributed by atoms with Gasteiger partial charge >= 0.3 is 0 Å². The van der Waals surface area contributed by atoms with Crippen molar-refractivity contribution in [3.8, 4) is 0 Å². The van der Waals surface area contributed by atoms with Gasteiger partial charge in [0.05, 0.1) is 19.8 Å². The summed E-state index contributed by atoms with van der Waals surface area (Å²) in [6.07, 6.45) is 0. The predicted octanol–water partition coefficient (Wildman–Crippen LogP) is 0.289. The van der Waals surface area contributed by atoms with Crippen molar-refractivity contribution >= 4 is 12.4 Å². The smallest absolute Gasteiger partial charge is 0.0624 e. The van der Waals surface area contributed by atoms with Crippen molar-refractivity contribution in [3.63, 3.8) is 0 Å². The summed E-state index contributed by atoms with van der Waals surface area (Å²) < 4.78 is 10.3. The molecule has 1 aliphatic rings. The van der Waals surface area contributed by atoms with Gasteiger partial charge in [-0.2, -0.15) is 0 Å². The van der Waals surface area contributed by atoms with Crippen LogP contribution in [0.3, 0.4) is 0 Å². The average Bonchev–Trinajstić information content (AvgIpc) is 2.36. The zero-order valence-electron chi connectivity index (χ0n) is 7.00. The van der Waals surface area contributed by atoms with E-state index in [0.717, 1.165) is 19.8 Å². The lowest BCUT2D eigenvalue weighted by atomic mass is 10.1. The van der Waals surface area contributed by atoms with Gasteiger partial charge in [0, 0.05) is 19.1 Å². The molecule has 0 bridgehead atoms. The highest BCUT2D eigenvalue weighted by Gasteiger charge is 2.26. The molecule has 1 fully saturated rings. The molecule has 0 aromatic heterocycles. The lowest BCUT2D eigenvalue weighted by Gasteiger charge is -2.14. The van der Waals surface area contributed by atoms with E-state index in [-0.39, 0.29) is 12.4 Å². The standard InChI is InChI=1S/C7H15NO2.ClH/c1-8-7-5-10-4-6(7)3-9-2;/h6-8H,3-5H2,1-2H3;1H/t6-,7+;/m1./s1. The van der Waals surface area contributed by atoms with Crippen LogP contribution in [0.15, 0.2) is 0 Å². The Morgan fingerprint density at radius 3 is 2.82 bits per heavy atom. The van der Waals surface area contributed by atoms with Crippen LogP contribution in [-0.4, -0.2) is 40.0 Å². The highest BCUT2D eigenvalue weighted by molar-refractivity contribution is 5.85. The third kappa shape index (κ3) is 2.95. The first-order valence-corrected chi connectivity index (χ1v) is 3.62. The molecule has 0 aliphatic carbocycles. The third-order valence-electron chi connectivity index (χ3n) is 1.95. The Morgan fingerprint density at radius 1 is 1.55 bits per heavy atom. The summed E-state index contributed by atoms with van der Waals surface area (Å²) in [6, 6.07) is 0.486. The molecule has 1 rings (SSSR count). The van der Waals surface area contributed by atoms with E-state index in [1.807, 2.05) is 7.05 Å². The van der Waals surface area contributed by atoms with E-state index < -0.39 is 0 Å². The van der Waals surface area contributed by atoms with Crippen LogP contribution in [0.2, 0.25) is 0 Å². The Kier molecular flexibility index (Phi) is 5.86. The Hall–Kier alpha value is 0.170. The number of halogens is 1. The van der Waals surface area contributed by atoms with Crippen molar-refractivity contribution in [2.24, 2.45) is 5.92 Å². The fraction of sp³-hybridized carbons (Fsp3) is 1.00. The maximum absolute atomic E-state index is 5.27. The molecule has 68 valence electrons. The molecule has 1 heterocycles. The zero-order valence-corrected chi connectivity index (χ0v) is 7.82. The average molecular weight is 182 g/mol. The second kappa shape index (κ2) is 5.77. The zero-order chi connectivity index (χ0) is 7.40. The van der Waals surface area contributed by atoms with Crippen molar-refractivity contribution < 1.29 is 9.47 Å². The van der Waals surface area contributed by atoms with E-state index in [2.05, 4.69) is 5.32 Å². The lowest BCUT2D eigenvalue weighted by molar-refractivity contribution is 0.127. The summed E-state index contributed by atoms with van der Waals surface area (Å²) in [6.45, 7) is 2.45. The molecular formula is C7H16ClNO2. The van der Waals surface area contributed by atoms with Crippen LogP contribution in [0.5, 0.6) is 0 Å². The molecule has 0 unspecified atom stereocenters. The molecule has 0 amide bonds. The lowest BCUT2D eigenvalue weighted by Crippen LogP contribution is -2.34. The summed E-state index contributed by atoms with van der Waals surface area (Å²) in [5, 5.41) is 3.19. The van der Waals surface area contributed by atoms with Crippen molar-refractivity contribution in [1.82, 2.24) is 5.32 Å². The van der Waals surface area contributed by atoms with Gasteiger partial charge in [-0.1, -0.05) is 0 Å². The molecule has 0 aromatic carbocycles. The van der Waals surface area contributed by atoms with Gasteiger partial charge in [0.25, 0.3) is 0 Å². The third-order valence-corrected chi connectivity index (χ3v) is 1.95. The summed E-state index contributed by atoms with van der Waals surface area (Å²) in [7, 11) is 3.69. The van der Waals surface area contributed by atoms with E-state index in [1.165, 1.54) is 0 Å². The first-order valence-electron chi connectivity index (χ1n) is 3.62. The van der Waals surface area contributed by atoms with Crippen LogP contribution in [0, 0.1) is 5.92 Å². The van der Waals surface area contributed by atoms with Crippen molar-refractivity contribution in [2.75, 3.05) is 34.0 Å². The summed E-state index contributed by atoms with van der Waals surface area (Å²) in [5.41, 5.74) is 0. The molecule has 4 heteroatoms. The maximum Gasteiger partial charge on any atom is 0.0624 e. The molecule has 0 radical (unpaired) electrons. The van der Waals surface area contributed by atoms with E-state index in [1.54, 1.807) is 7.11 Å². The largest absolute Gasteiger partial charge is 0.384 e. The number of rotatable bonds is 3. The molecule has 1 aliphatic heterocycles. The molecule has 1 saturated heterocycles. The van der Waals surface area contributed by atoms with E-state index in [0.29, 0.717) is 12.0 Å². The van der Waals surface area contributed by atoms with E-state index in [9.17, 15) is 0 Å². The van der Waals surface area contributed by atoms with Gasteiger partial charge < -0.3 is 14.8 Å². The summed E-state index contributed by atoms with van der Waals surface area (Å²) in [4.78, 5) is 0. The number of methoxy groups -OCH3 is 1. The van der Waals surface area contributed by atoms with Crippen molar-refractivity contribution in [1.29, 1.82) is 0 Å². The maximum atomic E-state index is 5.27. The fourth-order valence-electron chi connectivity index (χ4n) is 1.30. The van der Waals surface area contributed by atoms with Crippen LogP contribution >= 0.6 is 12.4 Å². The summed E-state index contributed by atoms with van der Waals surface area (Å²) in [5.74, 6) is 0.537. The monoisotopic (exact) mass is 181 g/mol. The highest BCUT2D eigenvalue weighted by atomic mass is 35.5. The number of hydrogen-bond acceptors (Lipinski definition) is 3. The Bertz CT molecular complexity index is 102. The minimum atomic E-state index is 0. The van der Waals surface area contributed by atoms with Crippen LogP contribution in [0.4, 0.5) is 0 Å². The van der Waals surface area contributed by atoms with Crippen molar-refractivity contribution in [3.05, 3.63) is 0 Å². The second-order valence-corrected chi connectivity index (χ2v) is 2.65. The quantitative estimate of drug-likeness (QED) is 0.679. The molecule has 2 atom stereocenters. The molecule has 0 spiro atoms. The van der Waals surface area contributed by atoms with Gasteiger partial charge in [0.1, 0.15) is 0 Å². The molecule has 3 nitrogen and oxygen atoms in total. The van der Waals surface area contributed by atoms with Gasteiger partial charge in [-0.15, -0.1) is 12.4 Å². The molecule has 0 aromatic rings. The first kappa shape index (κ1) is 11.2. The Balaban J connectivity index is 0.000001000. The van der Waals surface area contributed by atoms with Crippen LogP contribution in [-0.2, 0) is 9.47 Å². The molecular weight excluding hydrogens is 166 g/mol. The minimum absolute atomic E-state index is 0. The second-order valence-electron chi connectivity index (χ2n) is 2.65. The van der Waals surface area contributed by atoms with Crippen LogP contribution in [0.1, 0.15) is 0 Å². The predicted molar refractivity (Wildman–Crippen MR) is 46.3 cm³/mol. The Labute approximate surface area is 73.9 Å². The topological polar surface area (TPSA) is 30.5 Å². The number of hydrogen-bond donors (Lipinski definition) is 1. The number of nitrogens with one attached hydrogen (secondary N) is 1. The van der Waals surface area contributed by atoms with E-state index in [4.69, 9.17) is 9.47 Å². The SMILES string of the molecule is CN[C@H]1COC[C@H]1COC.Cl. The Morgan fingerprint density at radius 2 is 2.27 bits per heavy atom. The van der Waals surface area contributed by atoms with Crippen molar-refractivity contribution in [2.45, 2.75) is 6.04 Å². The van der Waals surface area contributed by atoms with Gasteiger partial charge in [0.2, 0.25) is 0 Å². The first-order chi connectivity index (χ1) is 4.88. The normalized spacial score (nSPS) is 30.0. The minimum Gasteiger partial charge on any atom is -0.384 e. The molecule has 0 saturated carbocycles. The van der Waals surface area contributed by atoms with Gasteiger partial charge in [-0.05, 0) is 7.05 Å². The summed E-state index contributed by atoms with van der Waals surface area (Å²) >= 11 is 0. The van der Waals surface area contributed by atoms with E-state index >= 15 is 0 Å². The van der Waals surface area contributed by atoms with Crippen LogP contribution in [0.25, 0.3) is 0 Å². The highest BCUT2D eigenvalue weighted by Crippen LogP contribution is 2.12.